The number of rotatable bonds is 7. The molecule has 1 N–H and O–H groups in total. The Morgan fingerprint density at radius 2 is 1.79 bits per heavy atom. The van der Waals surface area contributed by atoms with E-state index in [0.717, 1.165) is 6.42 Å². The second-order valence-corrected chi connectivity index (χ2v) is 10.5. The molecule has 1 fully saturated rings. The minimum Gasteiger partial charge on any atom is -0.490 e. The minimum atomic E-state index is -3.70. The lowest BCUT2D eigenvalue weighted by Gasteiger charge is -2.34. The van der Waals surface area contributed by atoms with Gasteiger partial charge in [0.1, 0.15) is 0 Å². The maximum absolute atomic E-state index is 13.1. The molecule has 2 aliphatic rings. The number of sulfonamides is 1. The van der Waals surface area contributed by atoms with Crippen LogP contribution in [0.3, 0.4) is 0 Å². The van der Waals surface area contributed by atoms with Crippen molar-refractivity contribution < 1.29 is 27.5 Å². The summed E-state index contributed by atoms with van der Waals surface area (Å²) in [5.41, 5.74) is 0.622. The fourth-order valence-corrected chi connectivity index (χ4v) is 5.80. The summed E-state index contributed by atoms with van der Waals surface area (Å²) < 4.78 is 38.8. The van der Waals surface area contributed by atoms with Gasteiger partial charge in [-0.05, 0) is 30.0 Å². The summed E-state index contributed by atoms with van der Waals surface area (Å²) >= 11 is 1.46. The molecular formula is C22H27N3O6S2. The van der Waals surface area contributed by atoms with Crippen molar-refractivity contribution in [3.05, 3.63) is 40.6 Å². The van der Waals surface area contributed by atoms with Crippen LogP contribution in [0.2, 0.25) is 0 Å². The molecule has 1 saturated heterocycles. The maximum atomic E-state index is 13.1. The Bertz CT molecular complexity index is 1080. The summed E-state index contributed by atoms with van der Waals surface area (Å²) in [4.78, 5) is 26.3. The molecule has 0 radical (unpaired) electrons. The van der Waals surface area contributed by atoms with E-state index in [2.05, 4.69) is 5.32 Å². The van der Waals surface area contributed by atoms with Crippen molar-refractivity contribution in [2.45, 2.75) is 24.2 Å². The molecular weight excluding hydrogens is 466 g/mol. The third-order valence-electron chi connectivity index (χ3n) is 5.58. The van der Waals surface area contributed by atoms with Crippen LogP contribution in [0.1, 0.15) is 29.6 Å². The third kappa shape index (κ3) is 5.66. The van der Waals surface area contributed by atoms with E-state index in [0.29, 0.717) is 62.8 Å². The molecule has 11 heteroatoms. The van der Waals surface area contributed by atoms with Gasteiger partial charge in [0, 0.05) is 62.6 Å². The Morgan fingerprint density at radius 3 is 2.52 bits per heavy atom. The summed E-state index contributed by atoms with van der Waals surface area (Å²) in [7, 11) is -3.70. The van der Waals surface area contributed by atoms with Crippen molar-refractivity contribution in [1.82, 2.24) is 14.5 Å². The Balaban J connectivity index is 1.25. The molecule has 1 aromatic heterocycles. The summed E-state index contributed by atoms with van der Waals surface area (Å²) in [5.74, 6) is 0.812. The summed E-state index contributed by atoms with van der Waals surface area (Å²) in [6.45, 7) is 2.58. The molecule has 2 aliphatic heterocycles. The molecule has 33 heavy (non-hydrogen) atoms. The SMILES string of the molecule is O=C(NCCCC(=O)N1CCN(S(=O)(=O)c2ccc3c(c2)OCCCO3)CC1)c1ccsc1. The molecule has 0 bridgehead atoms. The van der Waals surface area contributed by atoms with Crippen LogP contribution in [-0.2, 0) is 14.8 Å². The van der Waals surface area contributed by atoms with E-state index >= 15 is 0 Å². The Labute approximate surface area is 197 Å². The topological polar surface area (TPSA) is 105 Å². The van der Waals surface area contributed by atoms with Crippen LogP contribution in [0.15, 0.2) is 39.9 Å². The van der Waals surface area contributed by atoms with Crippen LogP contribution in [0.25, 0.3) is 0 Å². The van der Waals surface area contributed by atoms with E-state index in [9.17, 15) is 18.0 Å². The molecule has 3 heterocycles. The number of fused-ring (bicyclic) bond motifs is 1. The lowest BCUT2D eigenvalue weighted by Crippen LogP contribution is -2.50. The molecule has 0 spiro atoms. The predicted octanol–water partition coefficient (Wildman–Crippen LogP) is 1.95. The van der Waals surface area contributed by atoms with E-state index < -0.39 is 10.0 Å². The first-order valence-electron chi connectivity index (χ1n) is 10.9. The molecule has 0 atom stereocenters. The molecule has 4 rings (SSSR count). The smallest absolute Gasteiger partial charge is 0.252 e. The zero-order valence-corrected chi connectivity index (χ0v) is 19.8. The van der Waals surface area contributed by atoms with Gasteiger partial charge in [-0.25, -0.2) is 8.42 Å². The van der Waals surface area contributed by atoms with Gasteiger partial charge in [0.15, 0.2) is 11.5 Å². The van der Waals surface area contributed by atoms with Gasteiger partial charge in [0.2, 0.25) is 15.9 Å². The largest absolute Gasteiger partial charge is 0.490 e. The Morgan fingerprint density at radius 1 is 1.03 bits per heavy atom. The first-order valence-corrected chi connectivity index (χ1v) is 13.3. The van der Waals surface area contributed by atoms with Crippen molar-refractivity contribution in [1.29, 1.82) is 0 Å². The van der Waals surface area contributed by atoms with Gasteiger partial charge in [-0.1, -0.05) is 0 Å². The van der Waals surface area contributed by atoms with Gasteiger partial charge >= 0.3 is 0 Å². The average Bonchev–Trinajstić information content (AvgIpc) is 3.27. The highest BCUT2D eigenvalue weighted by Gasteiger charge is 2.31. The molecule has 0 saturated carbocycles. The van der Waals surface area contributed by atoms with Crippen LogP contribution in [-0.4, -0.2) is 75.4 Å². The van der Waals surface area contributed by atoms with Crippen molar-refractivity contribution >= 4 is 33.2 Å². The first kappa shape index (κ1) is 23.5. The fourth-order valence-electron chi connectivity index (χ4n) is 3.73. The summed E-state index contributed by atoms with van der Waals surface area (Å²) in [5, 5.41) is 6.42. The molecule has 2 amide bonds. The van der Waals surface area contributed by atoms with Crippen molar-refractivity contribution in [2.75, 3.05) is 45.9 Å². The molecule has 0 aliphatic carbocycles. The monoisotopic (exact) mass is 493 g/mol. The number of amides is 2. The van der Waals surface area contributed by atoms with Crippen molar-refractivity contribution in [3.63, 3.8) is 0 Å². The zero-order valence-electron chi connectivity index (χ0n) is 18.2. The highest BCUT2D eigenvalue weighted by atomic mass is 32.2. The zero-order chi connectivity index (χ0) is 23.3. The number of nitrogens with zero attached hydrogens (tertiary/aromatic N) is 2. The normalized spacial score (nSPS) is 16.8. The molecule has 178 valence electrons. The predicted molar refractivity (Wildman–Crippen MR) is 123 cm³/mol. The van der Waals surface area contributed by atoms with E-state index in [1.54, 1.807) is 22.4 Å². The number of hydrogen-bond acceptors (Lipinski definition) is 7. The standard InChI is InChI=1S/C22H27N3O6S2/c26-21(3-1-7-23-22(27)17-6-14-32-16-17)24-8-10-25(11-9-24)33(28,29)18-4-5-19-20(15-18)31-13-2-12-30-19/h4-6,14-16H,1-3,7-13H2,(H,23,27). The van der Waals surface area contributed by atoms with Crippen LogP contribution in [0.5, 0.6) is 11.5 Å². The summed E-state index contributed by atoms with van der Waals surface area (Å²) in [6.07, 6.45) is 1.58. The molecule has 9 nitrogen and oxygen atoms in total. The lowest BCUT2D eigenvalue weighted by atomic mass is 10.2. The van der Waals surface area contributed by atoms with Gasteiger partial charge in [-0.3, -0.25) is 9.59 Å². The second-order valence-electron chi connectivity index (χ2n) is 7.82. The van der Waals surface area contributed by atoms with Crippen LogP contribution < -0.4 is 14.8 Å². The average molecular weight is 494 g/mol. The summed E-state index contributed by atoms with van der Waals surface area (Å²) in [6, 6.07) is 6.43. The van der Waals surface area contributed by atoms with Gasteiger partial charge in [-0.15, -0.1) is 0 Å². The number of carbonyl (C=O) groups excluding carboxylic acids is 2. The Kier molecular flexibility index (Phi) is 7.51. The highest BCUT2D eigenvalue weighted by molar-refractivity contribution is 7.89. The number of ether oxygens (including phenoxy) is 2. The highest BCUT2D eigenvalue weighted by Crippen LogP contribution is 2.33. The van der Waals surface area contributed by atoms with E-state index in [1.807, 2.05) is 5.38 Å². The third-order valence-corrected chi connectivity index (χ3v) is 8.16. The van der Waals surface area contributed by atoms with E-state index in [1.165, 1.54) is 27.8 Å². The lowest BCUT2D eigenvalue weighted by molar-refractivity contribution is -0.132. The van der Waals surface area contributed by atoms with E-state index in [4.69, 9.17) is 9.47 Å². The van der Waals surface area contributed by atoms with Gasteiger partial charge in [-0.2, -0.15) is 15.6 Å². The minimum absolute atomic E-state index is 0.0348. The molecule has 2 aromatic rings. The number of carbonyl (C=O) groups is 2. The van der Waals surface area contributed by atoms with Crippen LogP contribution in [0.4, 0.5) is 0 Å². The number of thiophene rings is 1. The number of benzene rings is 1. The quantitative estimate of drug-likeness (QED) is 0.591. The maximum Gasteiger partial charge on any atom is 0.252 e. The van der Waals surface area contributed by atoms with Crippen LogP contribution >= 0.6 is 11.3 Å². The van der Waals surface area contributed by atoms with Gasteiger partial charge in [0.05, 0.1) is 18.1 Å². The number of nitrogens with one attached hydrogen (secondary N) is 1. The second kappa shape index (κ2) is 10.5. The fraction of sp³-hybridized carbons (Fsp3) is 0.455. The number of hydrogen-bond donors (Lipinski definition) is 1. The van der Waals surface area contributed by atoms with E-state index in [-0.39, 0.29) is 29.8 Å². The van der Waals surface area contributed by atoms with Gasteiger partial charge in [0.25, 0.3) is 5.91 Å². The number of piperazine rings is 1. The molecule has 1 aromatic carbocycles. The van der Waals surface area contributed by atoms with Crippen molar-refractivity contribution in [3.8, 4) is 11.5 Å². The molecule has 0 unspecified atom stereocenters. The van der Waals surface area contributed by atoms with Crippen LogP contribution in [0, 0.1) is 0 Å². The first-order chi connectivity index (χ1) is 15.9. The van der Waals surface area contributed by atoms with Crippen molar-refractivity contribution in [2.24, 2.45) is 0 Å². The van der Waals surface area contributed by atoms with Gasteiger partial charge < -0.3 is 19.7 Å². The Hall–Kier alpha value is -2.63.